The number of carboxylic acids is 2. The lowest BCUT2D eigenvalue weighted by atomic mass is 9.39. The van der Waals surface area contributed by atoms with Gasteiger partial charge in [0, 0.05) is 49.1 Å². The van der Waals surface area contributed by atoms with Crippen LogP contribution in [0.1, 0.15) is 80.5 Å². The van der Waals surface area contributed by atoms with Gasteiger partial charge in [-0.05, 0) is 141 Å². The van der Waals surface area contributed by atoms with E-state index in [-0.39, 0.29) is 40.3 Å². The first-order chi connectivity index (χ1) is 40.6. The summed E-state index contributed by atoms with van der Waals surface area (Å²) in [7, 11) is 1.67. The number of aromatic carboxylic acids is 1. The summed E-state index contributed by atoms with van der Waals surface area (Å²) in [6.45, 7) is 9.35. The average molecular weight is 1190 g/mol. The molecule has 12 rings (SSSR count). The topological polar surface area (TPSA) is 316 Å². The first-order valence-electron chi connectivity index (χ1n) is 28.5. The van der Waals surface area contributed by atoms with E-state index in [0.29, 0.717) is 103 Å². The molecule has 450 valence electrons. The fourth-order valence-corrected chi connectivity index (χ4v) is 15.3. The molecule has 4 aliphatic carbocycles. The first-order valence-corrected chi connectivity index (χ1v) is 29.3. The van der Waals surface area contributed by atoms with Crippen LogP contribution in [-0.4, -0.2) is 164 Å². The van der Waals surface area contributed by atoms with Crippen molar-refractivity contribution in [3.63, 3.8) is 0 Å². The minimum absolute atomic E-state index is 0.0153. The minimum Gasteiger partial charge on any atom is -0.490 e. The maximum Gasteiger partial charge on any atom is 0.409 e. The third-order valence-corrected chi connectivity index (χ3v) is 18.0. The van der Waals surface area contributed by atoms with E-state index in [1.807, 2.05) is 35.9 Å². The van der Waals surface area contributed by atoms with Gasteiger partial charge in [0.25, 0.3) is 0 Å². The fourth-order valence-electron chi connectivity index (χ4n) is 14.4. The lowest BCUT2D eigenvalue weighted by Gasteiger charge is -2.69. The molecule has 5 heterocycles. The number of likely N-dealkylation sites (N-methyl/N-ethyl adjacent to an activating group) is 1. The number of ether oxygens (including phenoxy) is 5. The van der Waals surface area contributed by atoms with E-state index in [4.69, 9.17) is 39.5 Å². The number of carbonyl (C=O) groups is 4. The normalized spacial score (nSPS) is 26.7. The summed E-state index contributed by atoms with van der Waals surface area (Å²) in [5.41, 5.74) is 10.5. The van der Waals surface area contributed by atoms with E-state index in [1.54, 1.807) is 78.8 Å². The van der Waals surface area contributed by atoms with Crippen LogP contribution in [0.25, 0.3) is 38.7 Å². The summed E-state index contributed by atoms with van der Waals surface area (Å²) in [5, 5.41) is 62.6. The summed E-state index contributed by atoms with van der Waals surface area (Å²) in [5.74, 6) is -2.01. The Morgan fingerprint density at radius 3 is 2.46 bits per heavy atom. The van der Waals surface area contributed by atoms with Crippen molar-refractivity contribution in [1.82, 2.24) is 24.6 Å². The summed E-state index contributed by atoms with van der Waals surface area (Å²) >= 11 is 1.39. The van der Waals surface area contributed by atoms with Gasteiger partial charge >= 0.3 is 24.1 Å². The SMILES string of the molecule is Cc1c(-c2ccc(-c3ccc4c(c3)N(C(=O)Nc3nc5ccccc5s3)CCO4)nc2C(=O)O)cnn1CC12CC3(C)CC(C)(C1)CC(OCCN(C)C(=O)OC/C=C/c1ccc(O[C@@H]4O[C@H](C(=O)O)[C@@H](O)[C@H](O)[C@H]4O)c(NCCCN)c1)(C3)C2. The number of nitrogens with two attached hydrogens (primary N) is 1. The maximum atomic E-state index is 13.7. The standard InChI is InChI=1S/C61H71N9O14S/c1-35-39(38-14-15-40(65-47(38)52(74)75)37-13-17-45-43(26-37)69(21-23-80-45)56(78)67-55-66-41-10-5-6-11-46(41)85-55)27-64-70(35)34-60-29-58(2)28-59(3,30-60)32-61(31-58,33-60)82-24-20-68(4)57(79)81-22-7-9-36-12-16-44(42(25-36)63-19-8-18-62)83-54-50(73)48(71)49(72)51(84-54)53(76)77/h5-7,9-17,25-27,48-51,54,63,71-73H,8,18-24,28-34,62H2,1-4H3,(H,74,75)(H,76,77)(H,66,67,78)/b9-7+/t48-,49-,50+,51-,54+,58?,59?,60?,61?/m0/s1. The van der Waals surface area contributed by atoms with Crippen LogP contribution >= 0.6 is 11.3 Å². The average Bonchev–Trinajstić information content (AvgIpc) is 2.95. The molecule has 6 aliphatic rings. The highest BCUT2D eigenvalue weighted by atomic mass is 32.1. The van der Waals surface area contributed by atoms with Crippen LogP contribution in [0.15, 0.2) is 85.1 Å². The van der Waals surface area contributed by atoms with Gasteiger partial charge in [-0.25, -0.2) is 29.1 Å². The quantitative estimate of drug-likeness (QED) is 0.0341. The van der Waals surface area contributed by atoms with Crippen LogP contribution in [0.2, 0.25) is 0 Å². The molecule has 85 heavy (non-hydrogen) atoms. The van der Waals surface area contributed by atoms with Crippen LogP contribution in [0.5, 0.6) is 11.5 Å². The van der Waals surface area contributed by atoms with Gasteiger partial charge in [0.1, 0.15) is 43.0 Å². The molecular formula is C61H71N9O14S. The molecule has 2 unspecified atom stereocenters. The summed E-state index contributed by atoms with van der Waals surface area (Å²) in [4.78, 5) is 64.0. The Bertz CT molecular complexity index is 3500. The number of amides is 3. The zero-order chi connectivity index (χ0) is 60.0. The number of aliphatic carboxylic acids is 1. The Morgan fingerprint density at radius 1 is 0.918 bits per heavy atom. The van der Waals surface area contributed by atoms with Crippen molar-refractivity contribution in [2.24, 2.45) is 22.0 Å². The summed E-state index contributed by atoms with van der Waals surface area (Å²) < 4.78 is 32.6. The van der Waals surface area contributed by atoms with Gasteiger partial charge in [0.05, 0.1) is 52.2 Å². The third-order valence-electron chi connectivity index (χ3n) is 17.0. The Labute approximate surface area is 494 Å². The number of aliphatic hydroxyl groups is 3. The third kappa shape index (κ3) is 12.3. The number of hydrogen-bond acceptors (Lipinski definition) is 18. The Kier molecular flexibility index (Phi) is 16.4. The number of para-hydroxylation sites is 1. The number of thiazole rings is 1. The van der Waals surface area contributed by atoms with Crippen LogP contribution in [0.3, 0.4) is 0 Å². The molecule has 3 aromatic heterocycles. The van der Waals surface area contributed by atoms with E-state index in [2.05, 4.69) is 29.5 Å². The van der Waals surface area contributed by atoms with Gasteiger partial charge in [0.15, 0.2) is 16.9 Å². The maximum absolute atomic E-state index is 13.7. The number of rotatable bonds is 20. The molecule has 0 spiro atoms. The van der Waals surface area contributed by atoms with Crippen molar-refractivity contribution in [2.45, 2.75) is 109 Å². The molecule has 0 radical (unpaired) electrons. The zero-order valence-electron chi connectivity index (χ0n) is 47.7. The lowest BCUT2D eigenvalue weighted by Crippen LogP contribution is -2.64. The number of aromatic nitrogens is 4. The fraction of sp³-hybridized carbons (Fsp3) is 0.459. The van der Waals surface area contributed by atoms with Gasteiger partial charge in [-0.2, -0.15) is 5.10 Å². The van der Waals surface area contributed by atoms with Crippen LogP contribution in [0.4, 0.5) is 26.1 Å². The molecule has 9 N–H and O–H groups in total. The second-order valence-corrected chi connectivity index (χ2v) is 25.1. The van der Waals surface area contributed by atoms with Crippen molar-refractivity contribution >= 4 is 68.2 Å². The number of carboxylic acid groups (broad SMARTS) is 2. The highest BCUT2D eigenvalue weighted by molar-refractivity contribution is 7.22. The van der Waals surface area contributed by atoms with Crippen LogP contribution in [-0.2, 0) is 25.5 Å². The summed E-state index contributed by atoms with van der Waals surface area (Å²) in [6, 6.07) is 21.2. The first kappa shape index (κ1) is 59.0. The number of carbonyl (C=O) groups excluding carboxylic acids is 2. The zero-order valence-corrected chi connectivity index (χ0v) is 48.5. The van der Waals surface area contributed by atoms with E-state index in [9.17, 15) is 44.7 Å². The van der Waals surface area contributed by atoms with E-state index in [1.165, 1.54) is 16.2 Å². The van der Waals surface area contributed by atoms with Crippen molar-refractivity contribution in [2.75, 3.05) is 68.6 Å². The van der Waals surface area contributed by atoms with E-state index >= 15 is 0 Å². The largest absolute Gasteiger partial charge is 0.490 e. The number of hydrogen-bond donors (Lipinski definition) is 8. The van der Waals surface area contributed by atoms with Crippen molar-refractivity contribution in [3.05, 3.63) is 102 Å². The van der Waals surface area contributed by atoms with Gasteiger partial charge in [-0.3, -0.25) is 14.9 Å². The monoisotopic (exact) mass is 1190 g/mol. The second-order valence-electron chi connectivity index (χ2n) is 24.1. The molecule has 3 amide bonds. The number of urea groups is 1. The summed E-state index contributed by atoms with van der Waals surface area (Å²) in [6.07, 6.45) is 2.08. The number of anilines is 3. The molecule has 5 fully saturated rings. The lowest BCUT2D eigenvalue weighted by molar-refractivity contribution is -0.271. The van der Waals surface area contributed by atoms with Gasteiger partial charge in [0.2, 0.25) is 6.29 Å². The molecular weight excluding hydrogens is 1110 g/mol. The number of aliphatic hydroxyl groups excluding tert-OH is 3. The Balaban J connectivity index is 0.717. The molecule has 2 aliphatic heterocycles. The van der Waals surface area contributed by atoms with Crippen molar-refractivity contribution < 1.29 is 68.4 Å². The smallest absolute Gasteiger partial charge is 0.409 e. The highest BCUT2D eigenvalue weighted by Gasteiger charge is 2.66. The van der Waals surface area contributed by atoms with E-state index in [0.717, 1.165) is 54.4 Å². The van der Waals surface area contributed by atoms with Crippen molar-refractivity contribution in [3.8, 4) is 33.9 Å². The van der Waals surface area contributed by atoms with Gasteiger partial charge in [-0.15, -0.1) is 0 Å². The molecule has 24 heteroatoms. The molecule has 6 aromatic rings. The molecule has 3 aromatic carbocycles. The van der Waals surface area contributed by atoms with Gasteiger partial charge < -0.3 is 65.2 Å². The number of benzene rings is 3. The Hall–Kier alpha value is -7.71. The predicted molar refractivity (Wildman–Crippen MR) is 316 cm³/mol. The number of nitrogens with zero attached hydrogens (tertiary/aromatic N) is 6. The molecule has 1 saturated heterocycles. The molecule has 7 atom stereocenters. The molecule has 23 nitrogen and oxygen atoms in total. The predicted octanol–water partition coefficient (Wildman–Crippen LogP) is 7.61. The van der Waals surface area contributed by atoms with Crippen molar-refractivity contribution in [1.29, 1.82) is 0 Å². The highest BCUT2D eigenvalue weighted by Crippen LogP contribution is 2.72. The number of nitrogens with one attached hydrogen (secondary N) is 2. The Morgan fingerprint density at radius 2 is 1.71 bits per heavy atom. The van der Waals surface area contributed by atoms with Crippen LogP contribution < -0.4 is 30.7 Å². The van der Waals surface area contributed by atoms with Crippen LogP contribution in [0, 0.1) is 23.2 Å². The minimum atomic E-state index is -1.86. The van der Waals surface area contributed by atoms with Gasteiger partial charge in [-0.1, -0.05) is 49.5 Å². The molecule has 4 saturated carbocycles. The molecule has 4 bridgehead atoms. The second kappa shape index (κ2) is 23.6. The number of pyridine rings is 1. The van der Waals surface area contributed by atoms with E-state index < -0.39 is 54.3 Å². The number of fused-ring (bicyclic) bond motifs is 2.